The number of nitrogens with zero attached hydrogens (tertiary/aromatic N) is 3. The number of aromatic nitrogens is 3. The third-order valence-corrected chi connectivity index (χ3v) is 5.23. The van der Waals surface area contributed by atoms with E-state index in [-0.39, 0.29) is 0 Å². The molecule has 1 aromatic rings. The molecule has 84 valence electrons. The van der Waals surface area contributed by atoms with Gasteiger partial charge in [-0.15, -0.1) is 10.2 Å². The van der Waals surface area contributed by atoms with Gasteiger partial charge in [0.2, 0.25) is 0 Å². The summed E-state index contributed by atoms with van der Waals surface area (Å²) in [5.41, 5.74) is 0.444. The van der Waals surface area contributed by atoms with E-state index in [0.717, 1.165) is 16.7 Å². The molecule has 0 aromatic carbocycles. The SMILES string of the molecule is Cn1cnnc1SCC1(CS)CCCC1. The second-order valence-electron chi connectivity index (χ2n) is 4.38. The molecule has 5 heteroatoms. The summed E-state index contributed by atoms with van der Waals surface area (Å²) in [6.45, 7) is 0. The normalized spacial score (nSPS) is 19.6. The molecule has 15 heavy (non-hydrogen) atoms. The van der Waals surface area contributed by atoms with Crippen molar-refractivity contribution in [3.05, 3.63) is 6.33 Å². The van der Waals surface area contributed by atoms with Crippen molar-refractivity contribution in [3.63, 3.8) is 0 Å². The highest BCUT2D eigenvalue weighted by Crippen LogP contribution is 2.42. The Morgan fingerprint density at radius 2 is 2.27 bits per heavy atom. The Hall–Kier alpha value is -0.160. The molecule has 1 aromatic heterocycles. The van der Waals surface area contributed by atoms with Crippen molar-refractivity contribution in [1.82, 2.24) is 14.8 Å². The Morgan fingerprint density at radius 3 is 2.80 bits per heavy atom. The van der Waals surface area contributed by atoms with Crippen LogP contribution in [0.1, 0.15) is 25.7 Å². The van der Waals surface area contributed by atoms with Gasteiger partial charge in [-0.2, -0.15) is 12.6 Å². The zero-order valence-electron chi connectivity index (χ0n) is 9.02. The molecule has 2 rings (SSSR count). The highest BCUT2D eigenvalue weighted by atomic mass is 32.2. The van der Waals surface area contributed by atoms with Crippen LogP contribution in [0.3, 0.4) is 0 Å². The lowest BCUT2D eigenvalue weighted by atomic mass is 9.91. The summed E-state index contributed by atoms with van der Waals surface area (Å²) in [5, 5.41) is 9.00. The van der Waals surface area contributed by atoms with E-state index in [1.165, 1.54) is 25.7 Å². The Bertz CT molecular complexity index is 318. The second kappa shape index (κ2) is 4.78. The zero-order valence-corrected chi connectivity index (χ0v) is 10.7. The van der Waals surface area contributed by atoms with Crippen molar-refractivity contribution in [2.45, 2.75) is 30.8 Å². The molecule has 0 aliphatic heterocycles. The lowest BCUT2D eigenvalue weighted by Gasteiger charge is -2.25. The Balaban J connectivity index is 1.94. The standard InChI is InChI=1S/C10H17N3S2/c1-13-8-11-12-9(13)15-7-10(6-14)4-2-3-5-10/h8,14H,2-7H2,1H3. The highest BCUT2D eigenvalue weighted by Gasteiger charge is 2.32. The first-order valence-corrected chi connectivity index (χ1v) is 6.95. The number of hydrogen-bond donors (Lipinski definition) is 1. The van der Waals surface area contributed by atoms with E-state index >= 15 is 0 Å². The summed E-state index contributed by atoms with van der Waals surface area (Å²) in [4.78, 5) is 0. The van der Waals surface area contributed by atoms with Crippen LogP contribution in [0, 0.1) is 5.41 Å². The zero-order chi connectivity index (χ0) is 10.7. The van der Waals surface area contributed by atoms with Gasteiger partial charge in [-0.1, -0.05) is 24.6 Å². The summed E-state index contributed by atoms with van der Waals surface area (Å²) in [6, 6.07) is 0. The van der Waals surface area contributed by atoms with E-state index in [4.69, 9.17) is 0 Å². The molecule has 3 nitrogen and oxygen atoms in total. The molecule has 1 fully saturated rings. The lowest BCUT2D eigenvalue weighted by Crippen LogP contribution is -2.21. The first-order chi connectivity index (χ1) is 7.26. The van der Waals surface area contributed by atoms with Crippen molar-refractivity contribution in [3.8, 4) is 0 Å². The van der Waals surface area contributed by atoms with Gasteiger partial charge in [0, 0.05) is 12.8 Å². The fraction of sp³-hybridized carbons (Fsp3) is 0.800. The largest absolute Gasteiger partial charge is 0.312 e. The number of thiol groups is 1. The summed E-state index contributed by atoms with van der Waals surface area (Å²) in [6.07, 6.45) is 7.12. The minimum absolute atomic E-state index is 0.444. The van der Waals surface area contributed by atoms with Gasteiger partial charge in [-0.3, -0.25) is 0 Å². The van der Waals surface area contributed by atoms with E-state index < -0.39 is 0 Å². The van der Waals surface area contributed by atoms with Gasteiger partial charge >= 0.3 is 0 Å². The van der Waals surface area contributed by atoms with Crippen molar-refractivity contribution in [2.24, 2.45) is 12.5 Å². The number of rotatable bonds is 4. The third-order valence-electron chi connectivity index (χ3n) is 3.18. The molecule has 0 amide bonds. The smallest absolute Gasteiger partial charge is 0.190 e. The minimum atomic E-state index is 0.444. The first kappa shape index (κ1) is 11.3. The van der Waals surface area contributed by atoms with Gasteiger partial charge in [-0.25, -0.2) is 0 Å². The Morgan fingerprint density at radius 1 is 1.53 bits per heavy atom. The molecule has 0 bridgehead atoms. The topological polar surface area (TPSA) is 30.7 Å². The summed E-state index contributed by atoms with van der Waals surface area (Å²) >= 11 is 6.32. The predicted octanol–water partition coefficient (Wildman–Crippen LogP) is 2.40. The molecule has 1 aliphatic rings. The molecule has 0 N–H and O–H groups in total. The minimum Gasteiger partial charge on any atom is -0.312 e. The van der Waals surface area contributed by atoms with Crippen LogP contribution in [0.15, 0.2) is 11.5 Å². The quantitative estimate of drug-likeness (QED) is 0.651. The molecule has 0 saturated heterocycles. The van der Waals surface area contributed by atoms with Crippen LogP contribution in [0.5, 0.6) is 0 Å². The van der Waals surface area contributed by atoms with Gasteiger partial charge in [0.1, 0.15) is 6.33 Å². The molecule has 1 aliphatic carbocycles. The van der Waals surface area contributed by atoms with E-state index in [0.29, 0.717) is 5.41 Å². The van der Waals surface area contributed by atoms with Gasteiger partial charge < -0.3 is 4.57 Å². The van der Waals surface area contributed by atoms with E-state index in [2.05, 4.69) is 22.8 Å². The van der Waals surface area contributed by atoms with E-state index in [9.17, 15) is 0 Å². The van der Waals surface area contributed by atoms with Crippen LogP contribution in [0.25, 0.3) is 0 Å². The van der Waals surface area contributed by atoms with Gasteiger partial charge in [0.15, 0.2) is 5.16 Å². The first-order valence-electron chi connectivity index (χ1n) is 5.33. The fourth-order valence-corrected chi connectivity index (χ4v) is 3.86. The molecule has 0 unspecified atom stereocenters. The lowest BCUT2D eigenvalue weighted by molar-refractivity contribution is 0.403. The molecular formula is C10H17N3S2. The second-order valence-corrected chi connectivity index (χ2v) is 5.64. The number of aryl methyl sites for hydroxylation is 1. The fourth-order valence-electron chi connectivity index (χ4n) is 2.09. The van der Waals surface area contributed by atoms with Gasteiger partial charge in [-0.05, 0) is 24.0 Å². The molecule has 1 saturated carbocycles. The van der Waals surface area contributed by atoms with Crippen LogP contribution in [-0.2, 0) is 7.05 Å². The Labute approximate surface area is 100 Å². The van der Waals surface area contributed by atoms with Gasteiger partial charge in [0.05, 0.1) is 0 Å². The van der Waals surface area contributed by atoms with Gasteiger partial charge in [0.25, 0.3) is 0 Å². The summed E-state index contributed by atoms with van der Waals surface area (Å²) in [7, 11) is 1.99. The molecule has 0 spiro atoms. The van der Waals surface area contributed by atoms with Crippen molar-refractivity contribution in [2.75, 3.05) is 11.5 Å². The Kier molecular flexibility index (Phi) is 3.61. The maximum absolute atomic E-state index is 4.50. The maximum Gasteiger partial charge on any atom is 0.190 e. The summed E-state index contributed by atoms with van der Waals surface area (Å²) < 4.78 is 1.98. The van der Waals surface area contributed by atoms with E-state index in [1.54, 1.807) is 6.33 Å². The number of thioether (sulfide) groups is 1. The van der Waals surface area contributed by atoms with Crippen LogP contribution in [0.2, 0.25) is 0 Å². The highest BCUT2D eigenvalue weighted by molar-refractivity contribution is 7.99. The molecule has 0 radical (unpaired) electrons. The van der Waals surface area contributed by atoms with Crippen LogP contribution in [0.4, 0.5) is 0 Å². The van der Waals surface area contributed by atoms with Crippen molar-refractivity contribution in [1.29, 1.82) is 0 Å². The van der Waals surface area contributed by atoms with Crippen LogP contribution in [-0.4, -0.2) is 26.3 Å². The monoisotopic (exact) mass is 243 g/mol. The number of hydrogen-bond acceptors (Lipinski definition) is 4. The third kappa shape index (κ3) is 2.50. The summed E-state index contributed by atoms with van der Waals surface area (Å²) in [5.74, 6) is 2.13. The predicted molar refractivity (Wildman–Crippen MR) is 66.5 cm³/mol. The molecular weight excluding hydrogens is 226 g/mol. The van der Waals surface area contributed by atoms with Crippen LogP contribution >= 0.6 is 24.4 Å². The average Bonchev–Trinajstić information content (AvgIpc) is 2.85. The van der Waals surface area contributed by atoms with Crippen molar-refractivity contribution < 1.29 is 0 Å². The van der Waals surface area contributed by atoms with E-state index in [1.807, 2.05) is 23.4 Å². The van der Waals surface area contributed by atoms with Crippen LogP contribution < -0.4 is 0 Å². The molecule has 1 heterocycles. The maximum atomic E-state index is 4.50. The molecule has 0 atom stereocenters. The average molecular weight is 243 g/mol. The van der Waals surface area contributed by atoms with Crippen molar-refractivity contribution >= 4 is 24.4 Å².